The summed E-state index contributed by atoms with van der Waals surface area (Å²) in [4.78, 5) is 0. The van der Waals surface area contributed by atoms with Crippen molar-refractivity contribution in [1.82, 2.24) is 0 Å². The van der Waals surface area contributed by atoms with Gasteiger partial charge in [0.2, 0.25) is 0 Å². The van der Waals surface area contributed by atoms with Gasteiger partial charge in [-0.05, 0) is 17.7 Å². The minimum Gasteiger partial charge on any atom is -0.386 e. The van der Waals surface area contributed by atoms with E-state index in [1.807, 2.05) is 0 Å². The highest BCUT2D eigenvalue weighted by atomic mass is 127. The summed E-state index contributed by atoms with van der Waals surface area (Å²) >= 11 is 5.06. The topological polar surface area (TPSA) is 54.4 Å². The van der Waals surface area contributed by atoms with E-state index in [2.05, 4.69) is 15.9 Å². The van der Waals surface area contributed by atoms with Gasteiger partial charge < -0.3 is 5.11 Å². The lowest BCUT2D eigenvalue weighted by atomic mass is 10.1. The number of sulfone groups is 1. The molecule has 2 atom stereocenters. The van der Waals surface area contributed by atoms with E-state index >= 15 is 0 Å². The van der Waals surface area contributed by atoms with Crippen LogP contribution in [-0.4, -0.2) is 22.5 Å². The number of alkyl halides is 1. The van der Waals surface area contributed by atoms with Crippen LogP contribution < -0.4 is 0 Å². The number of halogens is 2. The Bertz CT molecular complexity index is 444. The first-order chi connectivity index (χ1) is 7.38. The average molecular weight is 419 g/mol. The van der Waals surface area contributed by atoms with Crippen molar-refractivity contribution in [3.63, 3.8) is 0 Å². The van der Waals surface area contributed by atoms with E-state index in [0.29, 0.717) is 5.56 Å². The van der Waals surface area contributed by atoms with Crippen molar-refractivity contribution in [2.24, 2.45) is 0 Å². The van der Waals surface area contributed by atoms with Crippen LogP contribution in [0.5, 0.6) is 0 Å². The molecule has 0 aliphatic heterocycles. The van der Waals surface area contributed by atoms with Gasteiger partial charge in [0.25, 0.3) is 0 Å². The van der Waals surface area contributed by atoms with Gasteiger partial charge in [-0.25, -0.2) is 8.42 Å². The molecule has 0 amide bonds. The molecule has 0 saturated heterocycles. The van der Waals surface area contributed by atoms with E-state index in [0.717, 1.165) is 4.47 Å². The molecule has 1 aromatic rings. The summed E-state index contributed by atoms with van der Waals surface area (Å²) in [5.41, 5.74) is 0.611. The van der Waals surface area contributed by atoms with E-state index in [1.165, 1.54) is 0 Å². The molecule has 0 bridgehead atoms. The van der Waals surface area contributed by atoms with Crippen LogP contribution in [0.1, 0.15) is 18.6 Å². The second-order valence-corrected chi connectivity index (χ2v) is 8.81. The number of hydrogen-bond donors (Lipinski definition) is 1. The smallest absolute Gasteiger partial charge is 0.164 e. The maximum atomic E-state index is 11.6. The van der Waals surface area contributed by atoms with E-state index in [9.17, 15) is 13.5 Å². The van der Waals surface area contributed by atoms with Gasteiger partial charge in [-0.3, -0.25) is 0 Å². The Morgan fingerprint density at radius 3 is 2.31 bits per heavy atom. The number of rotatable bonds is 4. The second-order valence-electron chi connectivity index (χ2n) is 3.30. The molecule has 90 valence electrons. The van der Waals surface area contributed by atoms with Gasteiger partial charge in [-0.15, -0.1) is 0 Å². The molecular formula is C10H12BrIO3S. The highest BCUT2D eigenvalue weighted by molar-refractivity contribution is 14.1. The molecule has 1 rings (SSSR count). The monoisotopic (exact) mass is 418 g/mol. The van der Waals surface area contributed by atoms with Gasteiger partial charge in [-0.1, -0.05) is 57.6 Å². The molecule has 3 nitrogen and oxygen atoms in total. The minimum atomic E-state index is -3.23. The zero-order valence-electron chi connectivity index (χ0n) is 8.60. The van der Waals surface area contributed by atoms with Gasteiger partial charge >= 0.3 is 0 Å². The van der Waals surface area contributed by atoms with Crippen LogP contribution in [-0.2, 0) is 9.84 Å². The zero-order chi connectivity index (χ0) is 12.3. The van der Waals surface area contributed by atoms with Crippen molar-refractivity contribution in [3.05, 3.63) is 34.3 Å². The van der Waals surface area contributed by atoms with Crippen LogP contribution >= 0.6 is 38.5 Å². The lowest BCUT2D eigenvalue weighted by molar-refractivity contribution is 0.197. The summed E-state index contributed by atoms with van der Waals surface area (Å²) in [6.07, 6.45) is -0.987. The molecule has 0 aromatic heterocycles. The normalized spacial score (nSPS) is 15.8. The van der Waals surface area contributed by atoms with Crippen molar-refractivity contribution < 1.29 is 13.5 Å². The summed E-state index contributed by atoms with van der Waals surface area (Å²) in [6, 6.07) is 6.98. The Labute approximate surface area is 117 Å². The lowest BCUT2D eigenvalue weighted by Crippen LogP contribution is -2.24. The van der Waals surface area contributed by atoms with Crippen molar-refractivity contribution in [3.8, 4) is 0 Å². The van der Waals surface area contributed by atoms with Crippen LogP contribution in [0.3, 0.4) is 0 Å². The molecule has 0 unspecified atom stereocenters. The van der Waals surface area contributed by atoms with Gasteiger partial charge in [0, 0.05) is 10.2 Å². The Hall–Kier alpha value is 0.340. The first-order valence-corrected chi connectivity index (χ1v) is 8.43. The Morgan fingerprint density at radius 1 is 1.38 bits per heavy atom. The van der Waals surface area contributed by atoms with E-state index in [1.54, 1.807) is 53.8 Å². The fourth-order valence-electron chi connectivity index (χ4n) is 1.17. The summed E-state index contributed by atoms with van der Waals surface area (Å²) in [6.45, 7) is 1.58. The zero-order valence-corrected chi connectivity index (χ0v) is 13.2. The maximum absolute atomic E-state index is 11.6. The highest BCUT2D eigenvalue weighted by Crippen LogP contribution is 2.28. The van der Waals surface area contributed by atoms with E-state index in [4.69, 9.17) is 0 Å². The van der Waals surface area contributed by atoms with Crippen LogP contribution in [0.25, 0.3) is 0 Å². The van der Waals surface area contributed by atoms with Crippen molar-refractivity contribution in [2.75, 3.05) is 5.75 Å². The molecule has 0 saturated carbocycles. The third-order valence-corrected chi connectivity index (χ3v) is 7.49. The molecule has 0 spiro atoms. The molecule has 0 fully saturated rings. The third kappa shape index (κ3) is 3.41. The predicted octanol–water partition coefficient (Wildman–Crippen LogP) is 2.68. The second kappa shape index (κ2) is 5.79. The molecular weight excluding hydrogens is 407 g/mol. The molecule has 0 aliphatic carbocycles. The Kier molecular flexibility index (Phi) is 5.21. The van der Waals surface area contributed by atoms with Crippen LogP contribution in [0.15, 0.2) is 28.7 Å². The number of aliphatic hydroxyl groups excluding tert-OH is 1. The fourth-order valence-corrected chi connectivity index (χ4v) is 3.79. The molecule has 0 aliphatic rings. The van der Waals surface area contributed by atoms with Crippen molar-refractivity contribution >= 4 is 48.4 Å². The molecule has 0 radical (unpaired) electrons. The number of aliphatic hydroxyl groups is 1. The average Bonchev–Trinajstić information content (AvgIpc) is 2.28. The SMILES string of the molecule is CCS(=O)(=O)[C@H](I)[C@@H](O)c1ccc(Br)cc1. The van der Waals surface area contributed by atoms with Crippen LogP contribution in [0.4, 0.5) is 0 Å². The number of benzene rings is 1. The van der Waals surface area contributed by atoms with Gasteiger partial charge in [0.05, 0.1) is 0 Å². The van der Waals surface area contributed by atoms with Crippen molar-refractivity contribution in [2.45, 2.75) is 16.3 Å². The Morgan fingerprint density at radius 2 is 1.88 bits per heavy atom. The molecule has 1 aromatic carbocycles. The molecule has 0 heterocycles. The summed E-state index contributed by atoms with van der Waals surface area (Å²) in [7, 11) is -3.23. The Balaban J connectivity index is 2.94. The first kappa shape index (κ1) is 14.4. The van der Waals surface area contributed by atoms with Gasteiger partial charge in [0.1, 0.15) is 9.36 Å². The third-order valence-electron chi connectivity index (χ3n) is 2.21. The minimum absolute atomic E-state index is 0.0359. The van der Waals surface area contributed by atoms with Gasteiger partial charge in [0.15, 0.2) is 9.84 Å². The first-order valence-electron chi connectivity index (χ1n) is 4.67. The van der Waals surface area contributed by atoms with Crippen LogP contribution in [0.2, 0.25) is 0 Å². The molecule has 1 N–H and O–H groups in total. The van der Waals surface area contributed by atoms with E-state index in [-0.39, 0.29) is 5.75 Å². The summed E-state index contributed by atoms with van der Waals surface area (Å²) in [5, 5.41) is 9.94. The lowest BCUT2D eigenvalue weighted by Gasteiger charge is -2.17. The standard InChI is InChI=1S/C10H12BrIO3S/c1-2-16(14,15)10(12)9(13)7-3-5-8(11)6-4-7/h3-6,9-10,13H,2H2,1H3/t9-,10-/m0/s1. The molecule has 16 heavy (non-hydrogen) atoms. The summed E-state index contributed by atoms with van der Waals surface area (Å²) in [5.74, 6) is 0.0359. The molecule has 6 heteroatoms. The van der Waals surface area contributed by atoms with Gasteiger partial charge in [-0.2, -0.15) is 0 Å². The van der Waals surface area contributed by atoms with Crippen molar-refractivity contribution in [1.29, 1.82) is 0 Å². The van der Waals surface area contributed by atoms with Crippen LogP contribution in [0, 0.1) is 0 Å². The fraction of sp³-hybridized carbons (Fsp3) is 0.400. The quantitative estimate of drug-likeness (QED) is 0.604. The highest BCUT2D eigenvalue weighted by Gasteiger charge is 2.29. The largest absolute Gasteiger partial charge is 0.386 e. The maximum Gasteiger partial charge on any atom is 0.164 e. The van der Waals surface area contributed by atoms with E-state index < -0.39 is 19.2 Å². The number of hydrogen-bond acceptors (Lipinski definition) is 3. The summed E-state index contributed by atoms with van der Waals surface area (Å²) < 4.78 is 23.3. The predicted molar refractivity (Wildman–Crippen MR) is 76.4 cm³/mol.